The first-order valence-corrected chi connectivity index (χ1v) is 17.4. The third-order valence-electron chi connectivity index (χ3n) is 8.75. The first-order valence-electron chi connectivity index (χ1n) is 17.4. The van der Waals surface area contributed by atoms with Gasteiger partial charge in [-0.15, -0.1) is 0 Å². The van der Waals surface area contributed by atoms with Crippen molar-refractivity contribution in [3.63, 3.8) is 0 Å². The highest BCUT2D eigenvalue weighted by Gasteiger charge is 2.49. The minimum Gasteiger partial charge on any atom is -0.508 e. The van der Waals surface area contributed by atoms with Crippen molar-refractivity contribution in [3.8, 4) is 40.1 Å². The number of carbonyl (C=O) groups is 3. The fourth-order valence-corrected chi connectivity index (χ4v) is 5.96. The molecule has 14 heteroatoms. The van der Waals surface area contributed by atoms with Gasteiger partial charge in [0.2, 0.25) is 17.3 Å². The van der Waals surface area contributed by atoms with Crippen molar-refractivity contribution in [2.75, 3.05) is 13.2 Å². The topological polar surface area (TPSA) is 230 Å². The van der Waals surface area contributed by atoms with Crippen molar-refractivity contribution in [3.05, 3.63) is 40.6 Å². The second kappa shape index (κ2) is 19.0. The van der Waals surface area contributed by atoms with Crippen LogP contribution in [0.5, 0.6) is 28.7 Å². The summed E-state index contributed by atoms with van der Waals surface area (Å²) in [5.74, 6) is -4.54. The predicted molar refractivity (Wildman–Crippen MR) is 183 cm³/mol. The maximum atomic E-state index is 13.3. The standard InChI is InChI=1S/C37H46O14/c38-21-27(43)34-36(32(46)37(47)51-34)50-29(44)14-12-10-8-6-4-2-1-3-5-7-9-11-13-17-48-35-31(45)30-26(42)19-23(39)20-28(30)49-33(35)22-15-16-24(40)25(41)18-22/h15-16,18-20,27,34,36,38-43H,1-14,17,21H2/t27-,34+,36?/m0/s1. The fourth-order valence-electron chi connectivity index (χ4n) is 5.96. The summed E-state index contributed by atoms with van der Waals surface area (Å²) in [6.07, 6.45) is 8.21. The second-order valence-corrected chi connectivity index (χ2v) is 12.7. The lowest BCUT2D eigenvalue weighted by Gasteiger charge is -2.20. The van der Waals surface area contributed by atoms with Crippen LogP contribution in [0.25, 0.3) is 22.3 Å². The van der Waals surface area contributed by atoms with Crippen molar-refractivity contribution >= 4 is 28.7 Å². The molecule has 3 aromatic rings. The number of hydrogen-bond acceptors (Lipinski definition) is 14. The van der Waals surface area contributed by atoms with Gasteiger partial charge < -0.3 is 49.3 Å². The molecule has 1 saturated heterocycles. The third kappa shape index (κ3) is 10.6. The number of aliphatic hydroxyl groups is 2. The van der Waals surface area contributed by atoms with Crippen LogP contribution in [0, 0.1) is 0 Å². The summed E-state index contributed by atoms with van der Waals surface area (Å²) in [7, 11) is 0. The molecule has 0 aliphatic carbocycles. The van der Waals surface area contributed by atoms with Gasteiger partial charge in [-0.3, -0.25) is 14.4 Å². The molecule has 0 saturated carbocycles. The highest BCUT2D eigenvalue weighted by Crippen LogP contribution is 2.38. The van der Waals surface area contributed by atoms with Gasteiger partial charge in [0.05, 0.1) is 13.2 Å². The molecule has 6 N–H and O–H groups in total. The molecule has 3 atom stereocenters. The van der Waals surface area contributed by atoms with Crippen LogP contribution in [0.2, 0.25) is 0 Å². The molecule has 0 radical (unpaired) electrons. The molecule has 1 aromatic heterocycles. The zero-order valence-corrected chi connectivity index (χ0v) is 28.4. The van der Waals surface area contributed by atoms with Crippen LogP contribution in [-0.4, -0.2) is 79.9 Å². The van der Waals surface area contributed by atoms with Gasteiger partial charge in [-0.25, -0.2) is 4.79 Å². The van der Waals surface area contributed by atoms with Crippen LogP contribution in [-0.2, 0) is 23.9 Å². The average Bonchev–Trinajstić information content (AvgIpc) is 3.37. The molecular weight excluding hydrogens is 668 g/mol. The number of unbranched alkanes of at least 4 members (excludes halogenated alkanes) is 12. The number of Topliss-reactive ketones (excluding diaryl/α,β-unsaturated/α-hetero) is 1. The van der Waals surface area contributed by atoms with E-state index in [1.165, 1.54) is 24.3 Å². The zero-order valence-electron chi connectivity index (χ0n) is 28.4. The third-order valence-corrected chi connectivity index (χ3v) is 8.75. The Bertz CT molecular complexity index is 1710. The van der Waals surface area contributed by atoms with E-state index in [1.54, 1.807) is 0 Å². The summed E-state index contributed by atoms with van der Waals surface area (Å²) in [4.78, 5) is 48.8. The van der Waals surface area contributed by atoms with Crippen LogP contribution in [0.15, 0.2) is 39.5 Å². The lowest BCUT2D eigenvalue weighted by molar-refractivity contribution is -0.160. The Kier molecular flexibility index (Phi) is 14.5. The molecule has 4 rings (SSSR count). The minimum atomic E-state index is -1.54. The van der Waals surface area contributed by atoms with Gasteiger partial charge in [-0.1, -0.05) is 70.6 Å². The molecule has 1 aliphatic heterocycles. The first-order chi connectivity index (χ1) is 24.5. The monoisotopic (exact) mass is 714 g/mol. The first kappa shape index (κ1) is 39.0. The Morgan fingerprint density at radius 1 is 0.765 bits per heavy atom. The molecule has 51 heavy (non-hydrogen) atoms. The van der Waals surface area contributed by atoms with Crippen molar-refractivity contribution < 1.29 is 63.7 Å². The van der Waals surface area contributed by atoms with Crippen molar-refractivity contribution in [2.45, 2.75) is 108 Å². The van der Waals surface area contributed by atoms with Gasteiger partial charge in [-0.2, -0.15) is 0 Å². The summed E-state index contributed by atoms with van der Waals surface area (Å²) in [5, 5.41) is 58.5. The van der Waals surface area contributed by atoms with Gasteiger partial charge in [-0.05, 0) is 31.0 Å². The number of rotatable bonds is 21. The number of carbonyl (C=O) groups excluding carboxylic acids is 3. The quantitative estimate of drug-likeness (QED) is 0.0374. The Labute approximate surface area is 294 Å². The van der Waals surface area contributed by atoms with Gasteiger partial charge in [0.25, 0.3) is 5.78 Å². The fraction of sp³-hybridized carbons (Fsp3) is 0.514. The van der Waals surface area contributed by atoms with E-state index < -0.39 is 59.6 Å². The summed E-state index contributed by atoms with van der Waals surface area (Å²) < 4.78 is 21.5. The summed E-state index contributed by atoms with van der Waals surface area (Å²) in [5.41, 5.74) is -0.413. The van der Waals surface area contributed by atoms with E-state index in [1.807, 2.05) is 0 Å². The molecule has 278 valence electrons. The number of ether oxygens (including phenoxy) is 3. The van der Waals surface area contributed by atoms with Crippen molar-refractivity contribution in [1.82, 2.24) is 0 Å². The lowest BCUT2D eigenvalue weighted by atomic mass is 10.0. The number of cyclic esters (lactones) is 1. The number of esters is 2. The highest BCUT2D eigenvalue weighted by molar-refractivity contribution is 6.37. The molecule has 0 spiro atoms. The Morgan fingerprint density at radius 2 is 1.37 bits per heavy atom. The molecule has 1 unspecified atom stereocenters. The normalized spacial score (nSPS) is 16.4. The molecule has 0 bridgehead atoms. The number of aliphatic hydroxyl groups excluding tert-OH is 2. The smallest absolute Gasteiger partial charge is 0.379 e. The number of benzene rings is 2. The molecular formula is C37H46O14. The summed E-state index contributed by atoms with van der Waals surface area (Å²) in [6, 6.07) is 6.17. The van der Waals surface area contributed by atoms with Crippen LogP contribution in [0.1, 0.15) is 89.9 Å². The van der Waals surface area contributed by atoms with Gasteiger partial charge in [0.15, 0.2) is 23.4 Å². The number of hydrogen-bond donors (Lipinski definition) is 6. The Hall–Kier alpha value is -4.82. The summed E-state index contributed by atoms with van der Waals surface area (Å²) in [6.45, 7) is -0.519. The largest absolute Gasteiger partial charge is 0.508 e. The number of phenols is 4. The van der Waals surface area contributed by atoms with E-state index in [2.05, 4.69) is 0 Å². The number of ketones is 1. The summed E-state index contributed by atoms with van der Waals surface area (Å²) >= 11 is 0. The Balaban J connectivity index is 1.06. The van der Waals surface area contributed by atoms with E-state index in [0.29, 0.717) is 12.8 Å². The number of fused-ring (bicyclic) bond motifs is 1. The van der Waals surface area contributed by atoms with E-state index in [4.69, 9.17) is 23.7 Å². The second-order valence-electron chi connectivity index (χ2n) is 12.7. The SMILES string of the molecule is O=C(CCCCCCCCCCCCCCCOc1c(-c2ccc(O)c(O)c2)oc2cc(O)cc(O)c2c1=O)OC1C(=O)C(=O)O[C@@H]1[C@@H](O)CO. The van der Waals surface area contributed by atoms with Gasteiger partial charge >= 0.3 is 11.9 Å². The maximum absolute atomic E-state index is 13.3. The maximum Gasteiger partial charge on any atom is 0.379 e. The van der Waals surface area contributed by atoms with Gasteiger partial charge in [0.1, 0.15) is 28.6 Å². The van der Waals surface area contributed by atoms with E-state index in [9.17, 15) is 44.7 Å². The molecule has 0 amide bonds. The number of phenolic OH excluding ortho intramolecular Hbond substituents is 4. The van der Waals surface area contributed by atoms with Crippen molar-refractivity contribution in [2.24, 2.45) is 0 Å². The van der Waals surface area contributed by atoms with Gasteiger partial charge in [0, 0.05) is 24.1 Å². The van der Waals surface area contributed by atoms with Crippen molar-refractivity contribution in [1.29, 1.82) is 0 Å². The average molecular weight is 715 g/mol. The molecule has 2 aromatic carbocycles. The Morgan fingerprint density at radius 3 is 1.98 bits per heavy atom. The van der Waals surface area contributed by atoms with Crippen LogP contribution < -0.4 is 10.2 Å². The molecule has 2 heterocycles. The molecule has 1 fully saturated rings. The van der Waals surface area contributed by atoms with Crippen LogP contribution >= 0.6 is 0 Å². The molecule has 1 aliphatic rings. The molecule has 14 nitrogen and oxygen atoms in total. The predicted octanol–water partition coefficient (Wildman–Crippen LogP) is 4.88. The lowest BCUT2D eigenvalue weighted by Crippen LogP contribution is -2.41. The van der Waals surface area contributed by atoms with E-state index in [-0.39, 0.29) is 52.6 Å². The number of aromatic hydroxyl groups is 4. The minimum absolute atomic E-state index is 0.00267. The highest BCUT2D eigenvalue weighted by atomic mass is 16.6. The van der Waals surface area contributed by atoms with Crippen LogP contribution in [0.3, 0.4) is 0 Å². The van der Waals surface area contributed by atoms with Crippen LogP contribution in [0.4, 0.5) is 0 Å². The van der Waals surface area contributed by atoms with E-state index in [0.717, 1.165) is 76.7 Å². The van der Waals surface area contributed by atoms with E-state index >= 15 is 0 Å². The zero-order chi connectivity index (χ0) is 36.9.